The van der Waals surface area contributed by atoms with Gasteiger partial charge in [0.05, 0.1) is 14.2 Å². The van der Waals surface area contributed by atoms with E-state index >= 15 is 0 Å². The molecule has 2 aromatic rings. The first-order valence-electron chi connectivity index (χ1n) is 7.66. The highest BCUT2D eigenvalue weighted by Crippen LogP contribution is 2.39. The van der Waals surface area contributed by atoms with E-state index in [9.17, 15) is 0 Å². The Kier molecular flexibility index (Phi) is 4.59. The summed E-state index contributed by atoms with van der Waals surface area (Å²) >= 11 is 0. The van der Waals surface area contributed by atoms with E-state index in [1.54, 1.807) is 14.2 Å². The Bertz CT molecular complexity index is 616. The molecule has 1 fully saturated rings. The van der Waals surface area contributed by atoms with Crippen LogP contribution in [-0.2, 0) is 6.54 Å². The summed E-state index contributed by atoms with van der Waals surface area (Å²) in [5.41, 5.74) is 2.51. The fraction of sp³-hybridized carbons (Fsp3) is 0.389. The topological polar surface area (TPSA) is 34.6 Å². The van der Waals surface area contributed by atoms with Crippen LogP contribution in [0.4, 0.5) is 0 Å². The average molecular weight is 298 g/mol. The number of methoxy groups -OCH3 is 2. The third kappa shape index (κ3) is 3.07. The molecule has 0 saturated carbocycles. The molecular formula is C18H22N2O2. The molecule has 1 aromatic carbocycles. The van der Waals surface area contributed by atoms with Gasteiger partial charge in [0, 0.05) is 30.5 Å². The number of pyridine rings is 1. The normalized spacial score (nSPS) is 18.4. The molecule has 2 heterocycles. The molecule has 1 aliphatic heterocycles. The molecule has 0 spiro atoms. The van der Waals surface area contributed by atoms with Gasteiger partial charge in [-0.05, 0) is 55.3 Å². The number of hydrogen-bond acceptors (Lipinski definition) is 4. The first kappa shape index (κ1) is 14.9. The molecule has 0 radical (unpaired) electrons. The maximum Gasteiger partial charge on any atom is 0.123 e. The van der Waals surface area contributed by atoms with Gasteiger partial charge in [-0.2, -0.15) is 0 Å². The lowest BCUT2D eigenvalue weighted by Crippen LogP contribution is -2.23. The number of ether oxygens (including phenoxy) is 2. The smallest absolute Gasteiger partial charge is 0.123 e. The molecule has 1 saturated heterocycles. The Labute approximate surface area is 131 Å². The zero-order valence-electron chi connectivity index (χ0n) is 13.2. The summed E-state index contributed by atoms with van der Waals surface area (Å²) < 4.78 is 10.9. The first-order chi connectivity index (χ1) is 10.8. The summed E-state index contributed by atoms with van der Waals surface area (Å²) in [6.45, 7) is 2.04. The molecule has 0 aliphatic carbocycles. The van der Waals surface area contributed by atoms with Gasteiger partial charge in [-0.25, -0.2) is 0 Å². The number of aromatic nitrogens is 1. The molecule has 1 unspecified atom stereocenters. The van der Waals surface area contributed by atoms with Gasteiger partial charge >= 0.3 is 0 Å². The van der Waals surface area contributed by atoms with Crippen molar-refractivity contribution in [1.82, 2.24) is 9.88 Å². The molecule has 0 bridgehead atoms. The van der Waals surface area contributed by atoms with Gasteiger partial charge in [-0.3, -0.25) is 9.88 Å². The molecule has 116 valence electrons. The van der Waals surface area contributed by atoms with Gasteiger partial charge < -0.3 is 9.47 Å². The Morgan fingerprint density at radius 3 is 2.68 bits per heavy atom. The van der Waals surface area contributed by atoms with Crippen molar-refractivity contribution >= 4 is 0 Å². The van der Waals surface area contributed by atoms with Gasteiger partial charge in [0.25, 0.3) is 0 Å². The summed E-state index contributed by atoms with van der Waals surface area (Å²) in [5.74, 6) is 1.82. The van der Waals surface area contributed by atoms with Gasteiger partial charge in [0.1, 0.15) is 11.5 Å². The predicted octanol–water partition coefficient (Wildman–Crippen LogP) is 3.44. The first-order valence-corrected chi connectivity index (χ1v) is 7.66. The second kappa shape index (κ2) is 6.79. The van der Waals surface area contributed by atoms with Crippen LogP contribution in [0.1, 0.15) is 30.0 Å². The quantitative estimate of drug-likeness (QED) is 0.847. The molecule has 22 heavy (non-hydrogen) atoms. The van der Waals surface area contributed by atoms with Gasteiger partial charge in [0.2, 0.25) is 0 Å². The predicted molar refractivity (Wildman–Crippen MR) is 86.2 cm³/mol. The Balaban J connectivity index is 1.86. The minimum absolute atomic E-state index is 0.373. The minimum Gasteiger partial charge on any atom is -0.497 e. The van der Waals surface area contributed by atoms with Crippen molar-refractivity contribution < 1.29 is 9.47 Å². The molecule has 3 rings (SSSR count). The van der Waals surface area contributed by atoms with Crippen LogP contribution < -0.4 is 9.47 Å². The van der Waals surface area contributed by atoms with E-state index in [1.807, 2.05) is 24.5 Å². The molecule has 1 aromatic heterocycles. The molecule has 0 amide bonds. The lowest BCUT2D eigenvalue weighted by atomic mass is 10.0. The second-order valence-corrected chi connectivity index (χ2v) is 5.59. The number of likely N-dealkylation sites (tertiary alicyclic amines) is 1. The third-order valence-electron chi connectivity index (χ3n) is 4.29. The maximum atomic E-state index is 5.56. The average Bonchev–Trinajstić information content (AvgIpc) is 3.03. The van der Waals surface area contributed by atoms with E-state index < -0.39 is 0 Å². The van der Waals surface area contributed by atoms with Crippen LogP contribution in [0.15, 0.2) is 42.7 Å². The molecular weight excluding hydrogens is 276 g/mol. The summed E-state index contributed by atoms with van der Waals surface area (Å²) in [4.78, 5) is 6.60. The molecule has 4 nitrogen and oxygen atoms in total. The summed E-state index contributed by atoms with van der Waals surface area (Å²) in [6, 6.07) is 10.6. The third-order valence-corrected chi connectivity index (χ3v) is 4.29. The summed E-state index contributed by atoms with van der Waals surface area (Å²) in [7, 11) is 3.43. The molecule has 1 atom stereocenters. The fourth-order valence-electron chi connectivity index (χ4n) is 3.19. The summed E-state index contributed by atoms with van der Waals surface area (Å²) in [6.07, 6.45) is 6.06. The maximum absolute atomic E-state index is 5.56. The van der Waals surface area contributed by atoms with Crippen LogP contribution >= 0.6 is 0 Å². The van der Waals surface area contributed by atoms with Crippen LogP contribution in [0.3, 0.4) is 0 Å². The number of hydrogen-bond donors (Lipinski definition) is 0. The highest BCUT2D eigenvalue weighted by molar-refractivity contribution is 5.42. The fourth-order valence-corrected chi connectivity index (χ4v) is 3.19. The van der Waals surface area contributed by atoms with Gasteiger partial charge in [-0.15, -0.1) is 0 Å². The lowest BCUT2D eigenvalue weighted by molar-refractivity contribution is 0.242. The van der Waals surface area contributed by atoms with Crippen molar-refractivity contribution in [2.75, 3.05) is 20.8 Å². The van der Waals surface area contributed by atoms with E-state index in [2.05, 4.69) is 28.1 Å². The molecule has 0 N–H and O–H groups in total. The van der Waals surface area contributed by atoms with Crippen molar-refractivity contribution in [2.45, 2.75) is 25.4 Å². The van der Waals surface area contributed by atoms with E-state index in [0.29, 0.717) is 6.04 Å². The van der Waals surface area contributed by atoms with Crippen LogP contribution in [0.5, 0.6) is 11.5 Å². The van der Waals surface area contributed by atoms with Crippen molar-refractivity contribution in [2.24, 2.45) is 0 Å². The van der Waals surface area contributed by atoms with E-state index in [0.717, 1.165) is 31.0 Å². The zero-order chi connectivity index (χ0) is 15.4. The van der Waals surface area contributed by atoms with Gasteiger partial charge in [0.15, 0.2) is 0 Å². The Morgan fingerprint density at radius 2 is 1.95 bits per heavy atom. The SMILES string of the molecule is COc1ccc(OC)c(C2CCCN2Cc2ccncc2)c1. The van der Waals surface area contributed by atoms with Crippen LogP contribution in [-0.4, -0.2) is 30.6 Å². The van der Waals surface area contributed by atoms with E-state index in [1.165, 1.54) is 17.5 Å². The number of benzene rings is 1. The van der Waals surface area contributed by atoms with Crippen LogP contribution in [0, 0.1) is 0 Å². The largest absolute Gasteiger partial charge is 0.497 e. The minimum atomic E-state index is 0.373. The van der Waals surface area contributed by atoms with Crippen LogP contribution in [0.25, 0.3) is 0 Å². The molecule has 4 heteroatoms. The van der Waals surface area contributed by atoms with E-state index in [4.69, 9.17) is 9.47 Å². The molecule has 1 aliphatic rings. The highest BCUT2D eigenvalue weighted by atomic mass is 16.5. The summed E-state index contributed by atoms with van der Waals surface area (Å²) in [5, 5.41) is 0. The van der Waals surface area contributed by atoms with Crippen molar-refractivity contribution in [3.63, 3.8) is 0 Å². The highest BCUT2D eigenvalue weighted by Gasteiger charge is 2.28. The monoisotopic (exact) mass is 298 g/mol. The Morgan fingerprint density at radius 1 is 1.14 bits per heavy atom. The van der Waals surface area contributed by atoms with E-state index in [-0.39, 0.29) is 0 Å². The second-order valence-electron chi connectivity index (χ2n) is 5.59. The Hall–Kier alpha value is -2.07. The number of rotatable bonds is 5. The van der Waals surface area contributed by atoms with Crippen molar-refractivity contribution in [1.29, 1.82) is 0 Å². The van der Waals surface area contributed by atoms with Crippen molar-refractivity contribution in [3.8, 4) is 11.5 Å². The van der Waals surface area contributed by atoms with Crippen LogP contribution in [0.2, 0.25) is 0 Å². The standard InChI is InChI=1S/C18H22N2O2/c1-21-15-5-6-18(22-2)16(12-15)17-4-3-11-20(17)13-14-7-9-19-10-8-14/h5-10,12,17H,3-4,11,13H2,1-2H3. The van der Waals surface area contributed by atoms with Crippen molar-refractivity contribution in [3.05, 3.63) is 53.9 Å². The lowest BCUT2D eigenvalue weighted by Gasteiger charge is -2.26. The zero-order valence-corrected chi connectivity index (χ0v) is 13.2. The van der Waals surface area contributed by atoms with Gasteiger partial charge in [-0.1, -0.05) is 0 Å². The number of nitrogens with zero attached hydrogens (tertiary/aromatic N) is 2.